The molecule has 1 aliphatic carbocycles. The molecule has 1 rings (SSSR count). The molecule has 1 saturated carbocycles. The largest absolute Gasteiger partial charge is 0.469 e. The van der Waals surface area contributed by atoms with Crippen molar-refractivity contribution in [2.24, 2.45) is 11.1 Å². The monoisotopic (exact) mass is 221 g/mol. The molecular weight excluding hydrogens is 206 g/mol. The zero-order chi connectivity index (χ0) is 10.8. The molecule has 0 spiro atoms. The molecule has 0 heterocycles. The zero-order valence-corrected chi connectivity index (χ0v) is 8.92. The van der Waals surface area contributed by atoms with E-state index in [1.165, 1.54) is 7.11 Å². The molecule has 1 fully saturated rings. The van der Waals surface area contributed by atoms with E-state index in [-0.39, 0.29) is 0 Å². The number of rotatable bonds is 2. The average Bonchev–Trinajstić information content (AvgIpc) is 2.15. The van der Waals surface area contributed by atoms with Crippen LogP contribution in [0.3, 0.4) is 0 Å². The Labute approximate surface area is 83.7 Å². The molecular formula is C8H15NO4S. The van der Waals surface area contributed by atoms with Crippen LogP contribution in [0.1, 0.15) is 25.7 Å². The number of sulfonamides is 1. The van der Waals surface area contributed by atoms with Crippen LogP contribution in [0.25, 0.3) is 0 Å². The first-order chi connectivity index (χ1) is 6.46. The van der Waals surface area contributed by atoms with Crippen LogP contribution in [0.4, 0.5) is 0 Å². The maximum absolute atomic E-state index is 11.3. The summed E-state index contributed by atoms with van der Waals surface area (Å²) in [4.78, 5) is 11.3. The number of carbonyl (C=O) groups is 1. The van der Waals surface area contributed by atoms with Gasteiger partial charge in [-0.2, -0.15) is 0 Å². The third kappa shape index (κ3) is 2.45. The minimum absolute atomic E-state index is 0.457. The van der Waals surface area contributed by atoms with Crippen molar-refractivity contribution in [1.82, 2.24) is 0 Å². The van der Waals surface area contributed by atoms with Gasteiger partial charge >= 0.3 is 5.97 Å². The molecule has 0 aromatic heterocycles. The minimum Gasteiger partial charge on any atom is -0.469 e. The fourth-order valence-electron chi connectivity index (χ4n) is 1.91. The Balaban J connectivity index is 2.85. The van der Waals surface area contributed by atoms with Crippen molar-refractivity contribution in [1.29, 1.82) is 0 Å². The van der Waals surface area contributed by atoms with Crippen LogP contribution in [0.5, 0.6) is 0 Å². The maximum Gasteiger partial charge on any atom is 0.310 e. The molecule has 0 aliphatic heterocycles. The summed E-state index contributed by atoms with van der Waals surface area (Å²) >= 11 is 0. The molecule has 0 radical (unpaired) electrons. The van der Waals surface area contributed by atoms with E-state index in [9.17, 15) is 13.2 Å². The summed E-state index contributed by atoms with van der Waals surface area (Å²) in [7, 11) is -2.37. The summed E-state index contributed by atoms with van der Waals surface area (Å²) in [5, 5.41) is 4.30. The summed E-state index contributed by atoms with van der Waals surface area (Å²) in [6.45, 7) is 0. The highest BCUT2D eigenvalue weighted by Gasteiger charge is 2.38. The van der Waals surface area contributed by atoms with Crippen molar-refractivity contribution in [3.8, 4) is 0 Å². The van der Waals surface area contributed by atoms with E-state index in [2.05, 4.69) is 4.74 Å². The third-order valence-corrected chi connectivity index (χ3v) is 4.04. The fraction of sp³-hybridized carbons (Fsp3) is 0.875. The molecule has 5 nitrogen and oxygen atoms in total. The van der Waals surface area contributed by atoms with Crippen molar-refractivity contribution in [2.75, 3.05) is 7.11 Å². The van der Waals surface area contributed by atoms with Crippen molar-refractivity contribution in [2.45, 2.75) is 30.9 Å². The first-order valence-electron chi connectivity index (χ1n) is 4.56. The predicted octanol–water partition coefficient (Wildman–Crippen LogP) is 0.00670. The molecule has 0 amide bonds. The van der Waals surface area contributed by atoms with Gasteiger partial charge in [-0.3, -0.25) is 4.79 Å². The predicted molar refractivity (Wildman–Crippen MR) is 50.9 cm³/mol. The van der Waals surface area contributed by atoms with Crippen molar-refractivity contribution < 1.29 is 17.9 Å². The molecule has 0 aromatic rings. The normalized spacial score (nSPS) is 28.4. The van der Waals surface area contributed by atoms with Crippen molar-refractivity contribution in [3.63, 3.8) is 0 Å². The number of methoxy groups -OCH3 is 1. The first kappa shape index (κ1) is 11.5. The molecule has 0 bridgehead atoms. The molecule has 0 aromatic carbocycles. The van der Waals surface area contributed by atoms with Gasteiger partial charge in [0.25, 0.3) is 0 Å². The average molecular weight is 221 g/mol. The number of ether oxygens (including phenoxy) is 1. The lowest BCUT2D eigenvalue weighted by atomic mass is 9.89. The molecule has 14 heavy (non-hydrogen) atoms. The molecule has 1 aliphatic rings. The summed E-state index contributed by atoms with van der Waals surface area (Å²) in [5.74, 6) is -1.05. The highest BCUT2D eigenvalue weighted by Crippen LogP contribution is 2.29. The minimum atomic E-state index is -3.63. The fourth-order valence-corrected chi connectivity index (χ4v) is 3.11. The van der Waals surface area contributed by atoms with Gasteiger partial charge in [0, 0.05) is 0 Å². The topological polar surface area (TPSA) is 86.5 Å². The third-order valence-electron chi connectivity index (χ3n) is 2.63. The van der Waals surface area contributed by atoms with Gasteiger partial charge in [0.05, 0.1) is 18.3 Å². The van der Waals surface area contributed by atoms with Gasteiger partial charge in [0.15, 0.2) is 0 Å². The summed E-state index contributed by atoms with van der Waals surface area (Å²) < 4.78 is 26.9. The quantitative estimate of drug-likeness (QED) is 0.665. The van der Waals surface area contributed by atoms with Gasteiger partial charge < -0.3 is 4.74 Å². The molecule has 0 saturated heterocycles. The Hall–Kier alpha value is -0.620. The maximum atomic E-state index is 11.3. The molecule has 2 atom stereocenters. The van der Waals surface area contributed by atoms with Crippen LogP contribution in [-0.4, -0.2) is 26.7 Å². The summed E-state index contributed by atoms with van der Waals surface area (Å²) in [5.41, 5.74) is 0. The van der Waals surface area contributed by atoms with E-state index >= 15 is 0 Å². The van der Waals surface area contributed by atoms with Crippen LogP contribution < -0.4 is 5.14 Å². The molecule has 6 heteroatoms. The number of nitrogens with two attached hydrogens (primary N) is 1. The zero-order valence-electron chi connectivity index (χ0n) is 8.10. The van der Waals surface area contributed by atoms with E-state index < -0.39 is 27.2 Å². The Morgan fingerprint density at radius 1 is 1.36 bits per heavy atom. The second-order valence-electron chi connectivity index (χ2n) is 3.54. The number of esters is 1. The van der Waals surface area contributed by atoms with Crippen molar-refractivity contribution in [3.05, 3.63) is 0 Å². The van der Waals surface area contributed by atoms with Crippen LogP contribution in [0, 0.1) is 5.92 Å². The molecule has 2 N–H and O–H groups in total. The van der Waals surface area contributed by atoms with Crippen LogP contribution >= 0.6 is 0 Å². The van der Waals surface area contributed by atoms with E-state index in [4.69, 9.17) is 5.14 Å². The molecule has 82 valence electrons. The first-order valence-corrected chi connectivity index (χ1v) is 6.17. The Morgan fingerprint density at radius 3 is 2.43 bits per heavy atom. The van der Waals surface area contributed by atoms with Gasteiger partial charge in [-0.05, 0) is 12.8 Å². The lowest BCUT2D eigenvalue weighted by Crippen LogP contribution is -2.41. The van der Waals surface area contributed by atoms with Gasteiger partial charge in [-0.25, -0.2) is 13.6 Å². The SMILES string of the molecule is COC(=O)[C@@H]1CCCC[C@@H]1S(N)(=O)=O. The standard InChI is InChI=1S/C8H15NO4S/c1-13-8(10)6-4-2-3-5-7(6)14(9,11)12/h6-7H,2-5H2,1H3,(H2,9,11,12)/t6-,7+/m1/s1. The number of carbonyl (C=O) groups excluding carboxylic acids is 1. The van der Waals surface area contributed by atoms with E-state index in [1.54, 1.807) is 0 Å². The van der Waals surface area contributed by atoms with E-state index in [0.29, 0.717) is 12.8 Å². The van der Waals surface area contributed by atoms with Crippen LogP contribution in [-0.2, 0) is 19.6 Å². The van der Waals surface area contributed by atoms with Gasteiger partial charge in [0.2, 0.25) is 10.0 Å². The van der Waals surface area contributed by atoms with Crippen LogP contribution in [0.2, 0.25) is 0 Å². The second kappa shape index (κ2) is 4.27. The van der Waals surface area contributed by atoms with Gasteiger partial charge in [-0.1, -0.05) is 12.8 Å². The highest BCUT2D eigenvalue weighted by molar-refractivity contribution is 7.89. The second-order valence-corrected chi connectivity index (χ2v) is 5.33. The number of primary sulfonamides is 1. The number of hydrogen-bond donors (Lipinski definition) is 1. The van der Waals surface area contributed by atoms with E-state index in [0.717, 1.165) is 12.8 Å². The highest BCUT2D eigenvalue weighted by atomic mass is 32.2. The summed E-state index contributed by atoms with van der Waals surface area (Å²) in [6.07, 6.45) is 2.66. The van der Waals surface area contributed by atoms with Gasteiger partial charge in [0.1, 0.15) is 0 Å². The van der Waals surface area contributed by atoms with Gasteiger partial charge in [-0.15, -0.1) is 0 Å². The summed E-state index contributed by atoms with van der Waals surface area (Å²) in [6, 6.07) is 0. The number of hydrogen-bond acceptors (Lipinski definition) is 4. The van der Waals surface area contributed by atoms with Crippen molar-refractivity contribution >= 4 is 16.0 Å². The molecule has 0 unspecified atom stereocenters. The van der Waals surface area contributed by atoms with E-state index in [1.807, 2.05) is 0 Å². The Kier molecular flexibility index (Phi) is 3.49. The Morgan fingerprint density at radius 2 is 1.93 bits per heavy atom. The lowest BCUT2D eigenvalue weighted by Gasteiger charge is -2.27. The van der Waals surface area contributed by atoms with Crippen LogP contribution in [0.15, 0.2) is 0 Å². The smallest absolute Gasteiger partial charge is 0.310 e. The lowest BCUT2D eigenvalue weighted by molar-refractivity contribution is -0.146. The Bertz CT molecular complexity index is 311.